The van der Waals surface area contributed by atoms with Crippen LogP contribution in [0.4, 0.5) is 0 Å². The summed E-state index contributed by atoms with van der Waals surface area (Å²) in [4.78, 5) is 0.996. The molecule has 1 aromatic heterocycles. The Morgan fingerprint density at radius 2 is 2.05 bits per heavy atom. The van der Waals surface area contributed by atoms with Gasteiger partial charge in [-0.05, 0) is 37.9 Å². The fourth-order valence-corrected chi connectivity index (χ4v) is 4.07. The van der Waals surface area contributed by atoms with Gasteiger partial charge in [-0.3, -0.25) is 0 Å². The highest BCUT2D eigenvalue weighted by Gasteiger charge is 2.15. The smallest absolute Gasteiger partial charge is 0.250 e. The number of thiophene rings is 1. The molecule has 0 aliphatic carbocycles. The molecule has 0 aliphatic heterocycles. The number of ether oxygens (including phenoxy) is 1. The van der Waals surface area contributed by atoms with E-state index in [0.29, 0.717) is 36.7 Å². The maximum Gasteiger partial charge on any atom is 0.250 e. The molecule has 0 fully saturated rings. The molecule has 0 atom stereocenters. The first-order valence-corrected chi connectivity index (χ1v) is 9.26. The second-order valence-corrected chi connectivity index (χ2v) is 7.64. The first-order chi connectivity index (χ1) is 9.60. The van der Waals surface area contributed by atoms with Crippen LogP contribution in [0.3, 0.4) is 0 Å². The minimum Gasteiger partial charge on any atom is -0.381 e. The molecule has 1 heterocycles. The van der Waals surface area contributed by atoms with Crippen molar-refractivity contribution < 1.29 is 13.2 Å². The van der Waals surface area contributed by atoms with Crippen molar-refractivity contribution in [2.24, 2.45) is 5.73 Å². The van der Waals surface area contributed by atoms with Crippen LogP contribution in [0.5, 0.6) is 0 Å². The zero-order valence-corrected chi connectivity index (χ0v) is 13.6. The van der Waals surface area contributed by atoms with Crippen LogP contribution in [0, 0.1) is 0 Å². The normalized spacial score (nSPS) is 11.9. The largest absolute Gasteiger partial charge is 0.381 e. The van der Waals surface area contributed by atoms with Gasteiger partial charge < -0.3 is 10.5 Å². The predicted octanol–water partition coefficient (Wildman–Crippen LogP) is 1.73. The van der Waals surface area contributed by atoms with E-state index in [4.69, 9.17) is 10.5 Å². The van der Waals surface area contributed by atoms with E-state index < -0.39 is 10.0 Å². The van der Waals surface area contributed by atoms with E-state index in [9.17, 15) is 8.42 Å². The number of nitrogens with two attached hydrogens (primary N) is 1. The van der Waals surface area contributed by atoms with Crippen molar-refractivity contribution in [3.05, 3.63) is 17.0 Å². The standard InChI is InChI=1S/C13H24N2O3S2/c1-2-3-10-18-11-4-9-15-20(16,17)13-6-5-12(19-13)7-8-14/h5-6,15H,2-4,7-11,14H2,1H3. The van der Waals surface area contributed by atoms with Crippen LogP contribution in [0.1, 0.15) is 31.1 Å². The second kappa shape index (κ2) is 9.46. The van der Waals surface area contributed by atoms with Crippen molar-refractivity contribution in [2.75, 3.05) is 26.3 Å². The van der Waals surface area contributed by atoms with Gasteiger partial charge in [0.1, 0.15) is 4.21 Å². The molecule has 0 amide bonds. The Kier molecular flexibility index (Phi) is 8.32. The molecule has 0 aromatic carbocycles. The average Bonchev–Trinajstić information content (AvgIpc) is 2.88. The van der Waals surface area contributed by atoms with E-state index in [1.807, 2.05) is 6.07 Å². The van der Waals surface area contributed by atoms with E-state index in [0.717, 1.165) is 24.3 Å². The summed E-state index contributed by atoms with van der Waals surface area (Å²) < 4.78 is 32.4. The van der Waals surface area contributed by atoms with Gasteiger partial charge in [0.25, 0.3) is 0 Å². The quantitative estimate of drug-likeness (QED) is 0.609. The first kappa shape index (κ1) is 17.6. The van der Waals surface area contributed by atoms with Crippen LogP contribution in [0.15, 0.2) is 16.3 Å². The van der Waals surface area contributed by atoms with Crippen molar-refractivity contribution in [1.29, 1.82) is 0 Å². The van der Waals surface area contributed by atoms with Crippen LogP contribution >= 0.6 is 11.3 Å². The summed E-state index contributed by atoms with van der Waals surface area (Å²) in [6.07, 6.45) is 3.55. The Morgan fingerprint density at radius 3 is 2.75 bits per heavy atom. The molecule has 0 spiro atoms. The minimum atomic E-state index is -3.38. The van der Waals surface area contributed by atoms with E-state index >= 15 is 0 Å². The van der Waals surface area contributed by atoms with Crippen molar-refractivity contribution in [3.8, 4) is 0 Å². The average molecular weight is 320 g/mol. The maximum atomic E-state index is 12.0. The number of unbranched alkanes of at least 4 members (excludes halogenated alkanes) is 1. The lowest BCUT2D eigenvalue weighted by Crippen LogP contribution is -2.24. The van der Waals surface area contributed by atoms with Gasteiger partial charge in [-0.25, -0.2) is 13.1 Å². The molecule has 5 nitrogen and oxygen atoms in total. The van der Waals surface area contributed by atoms with Crippen LogP contribution in [-0.2, 0) is 21.2 Å². The summed E-state index contributed by atoms with van der Waals surface area (Å²) in [5.41, 5.74) is 5.45. The first-order valence-electron chi connectivity index (χ1n) is 6.96. The third-order valence-electron chi connectivity index (χ3n) is 2.69. The fourth-order valence-electron chi connectivity index (χ4n) is 1.58. The molecule has 1 aromatic rings. The van der Waals surface area contributed by atoms with E-state index in [1.54, 1.807) is 6.07 Å². The van der Waals surface area contributed by atoms with E-state index in [2.05, 4.69) is 11.6 Å². The third kappa shape index (κ3) is 6.32. The topological polar surface area (TPSA) is 81.4 Å². The molecule has 7 heteroatoms. The number of nitrogens with one attached hydrogen (secondary N) is 1. The van der Waals surface area contributed by atoms with Gasteiger partial charge in [0.2, 0.25) is 10.0 Å². The maximum absolute atomic E-state index is 12.0. The molecule has 0 saturated carbocycles. The Bertz CT molecular complexity index is 472. The van der Waals surface area contributed by atoms with Gasteiger partial charge in [-0.15, -0.1) is 11.3 Å². The lowest BCUT2D eigenvalue weighted by molar-refractivity contribution is 0.130. The Balaban J connectivity index is 2.30. The number of rotatable bonds is 11. The van der Waals surface area contributed by atoms with Gasteiger partial charge in [0.15, 0.2) is 0 Å². The minimum absolute atomic E-state index is 0.354. The Morgan fingerprint density at radius 1 is 1.30 bits per heavy atom. The van der Waals surface area contributed by atoms with Gasteiger partial charge >= 0.3 is 0 Å². The number of hydrogen-bond acceptors (Lipinski definition) is 5. The highest BCUT2D eigenvalue weighted by atomic mass is 32.2. The molecule has 0 aliphatic rings. The van der Waals surface area contributed by atoms with E-state index in [1.165, 1.54) is 11.3 Å². The van der Waals surface area contributed by atoms with Gasteiger partial charge in [0, 0.05) is 24.6 Å². The summed E-state index contributed by atoms with van der Waals surface area (Å²) in [5.74, 6) is 0. The molecule has 116 valence electrons. The molecular weight excluding hydrogens is 296 g/mol. The number of hydrogen-bond donors (Lipinski definition) is 2. The van der Waals surface area contributed by atoms with Crippen LogP contribution < -0.4 is 10.5 Å². The van der Waals surface area contributed by atoms with Crippen molar-refractivity contribution in [1.82, 2.24) is 4.72 Å². The SMILES string of the molecule is CCCCOCCCNS(=O)(=O)c1ccc(CCN)s1. The van der Waals surface area contributed by atoms with Gasteiger partial charge in [-0.1, -0.05) is 13.3 Å². The highest BCUT2D eigenvalue weighted by Crippen LogP contribution is 2.21. The molecule has 0 bridgehead atoms. The van der Waals surface area contributed by atoms with Crippen LogP contribution in [0.2, 0.25) is 0 Å². The molecule has 1 rings (SSSR count). The van der Waals surface area contributed by atoms with Crippen molar-refractivity contribution in [2.45, 2.75) is 36.8 Å². The fraction of sp³-hybridized carbons (Fsp3) is 0.692. The summed E-state index contributed by atoms with van der Waals surface area (Å²) >= 11 is 1.28. The molecule has 0 saturated heterocycles. The lowest BCUT2D eigenvalue weighted by Gasteiger charge is -2.05. The van der Waals surface area contributed by atoms with Crippen molar-refractivity contribution in [3.63, 3.8) is 0 Å². The van der Waals surface area contributed by atoms with E-state index in [-0.39, 0.29) is 0 Å². The molecule has 20 heavy (non-hydrogen) atoms. The zero-order valence-electron chi connectivity index (χ0n) is 11.9. The molecular formula is C13H24N2O3S2. The Labute approximate surface area is 125 Å². The second-order valence-electron chi connectivity index (χ2n) is 4.48. The van der Waals surface area contributed by atoms with Crippen LogP contribution in [-0.4, -0.2) is 34.7 Å². The summed E-state index contributed by atoms with van der Waals surface area (Å²) in [5, 5.41) is 0. The lowest BCUT2D eigenvalue weighted by atomic mass is 10.3. The van der Waals surface area contributed by atoms with Crippen molar-refractivity contribution >= 4 is 21.4 Å². The highest BCUT2D eigenvalue weighted by molar-refractivity contribution is 7.91. The predicted molar refractivity (Wildman–Crippen MR) is 82.6 cm³/mol. The summed E-state index contributed by atoms with van der Waals surface area (Å²) in [7, 11) is -3.38. The molecule has 3 N–H and O–H groups in total. The third-order valence-corrected chi connectivity index (χ3v) is 5.79. The summed E-state index contributed by atoms with van der Waals surface area (Å²) in [6, 6.07) is 3.45. The molecule has 0 radical (unpaired) electrons. The summed E-state index contributed by atoms with van der Waals surface area (Å²) in [6.45, 7) is 4.38. The Hall–Kier alpha value is -0.470. The monoisotopic (exact) mass is 320 g/mol. The number of sulfonamides is 1. The molecule has 0 unspecified atom stereocenters. The van der Waals surface area contributed by atoms with Gasteiger partial charge in [0.05, 0.1) is 0 Å². The van der Waals surface area contributed by atoms with Crippen LogP contribution in [0.25, 0.3) is 0 Å². The van der Waals surface area contributed by atoms with Gasteiger partial charge in [-0.2, -0.15) is 0 Å². The zero-order chi connectivity index (χ0) is 14.8.